The van der Waals surface area contributed by atoms with Crippen LogP contribution in [0.15, 0.2) is 49.2 Å². The molecule has 0 saturated carbocycles. The number of rotatable bonds is 5. The maximum Gasteiger partial charge on any atom is 0.0704 e. The maximum absolute atomic E-state index is 10.6. The zero-order valence-corrected chi connectivity index (χ0v) is 12.9. The fourth-order valence-corrected chi connectivity index (χ4v) is 3.53. The molecule has 3 heteroatoms. The maximum atomic E-state index is 10.6. The second-order valence-corrected chi connectivity index (χ2v) is 6.23. The lowest BCUT2D eigenvalue weighted by molar-refractivity contribution is 0.120. The smallest absolute Gasteiger partial charge is 0.0704 e. The molecule has 0 amide bonds. The fourth-order valence-electron chi connectivity index (χ4n) is 3.53. The van der Waals surface area contributed by atoms with Gasteiger partial charge in [0.15, 0.2) is 0 Å². The predicted molar refractivity (Wildman–Crippen MR) is 90.7 cm³/mol. The Morgan fingerprint density at radius 2 is 2.23 bits per heavy atom. The van der Waals surface area contributed by atoms with Crippen molar-refractivity contribution in [1.82, 2.24) is 10.3 Å². The van der Waals surface area contributed by atoms with Gasteiger partial charge in [-0.3, -0.25) is 4.98 Å². The Morgan fingerprint density at radius 1 is 1.36 bits per heavy atom. The van der Waals surface area contributed by atoms with E-state index >= 15 is 0 Å². The molecule has 3 atom stereocenters. The van der Waals surface area contributed by atoms with Crippen molar-refractivity contribution in [2.45, 2.75) is 25.4 Å². The molecule has 1 fully saturated rings. The van der Waals surface area contributed by atoms with Gasteiger partial charge < -0.3 is 10.4 Å². The van der Waals surface area contributed by atoms with Crippen molar-refractivity contribution in [3.8, 4) is 0 Å². The molecule has 1 saturated heterocycles. The van der Waals surface area contributed by atoms with Crippen LogP contribution in [0.3, 0.4) is 0 Å². The van der Waals surface area contributed by atoms with Crippen LogP contribution in [-0.2, 0) is 6.42 Å². The topological polar surface area (TPSA) is 45.1 Å². The number of para-hydroxylation sites is 1. The third-order valence-electron chi connectivity index (χ3n) is 4.75. The first-order chi connectivity index (χ1) is 10.8. The SMILES string of the molecule is C=C[C@H]1CNCC[C@H]1CC(O)Cc1ccnc2ccccc12. The first kappa shape index (κ1) is 15.2. The van der Waals surface area contributed by atoms with E-state index in [2.05, 4.69) is 22.9 Å². The van der Waals surface area contributed by atoms with Crippen molar-refractivity contribution >= 4 is 10.9 Å². The first-order valence-corrected chi connectivity index (χ1v) is 8.12. The van der Waals surface area contributed by atoms with Crippen LogP contribution in [0.1, 0.15) is 18.4 Å². The molecule has 1 aliphatic rings. The summed E-state index contributed by atoms with van der Waals surface area (Å²) >= 11 is 0. The molecule has 116 valence electrons. The number of hydrogen-bond donors (Lipinski definition) is 2. The highest BCUT2D eigenvalue weighted by Gasteiger charge is 2.25. The minimum Gasteiger partial charge on any atom is -0.393 e. The molecule has 0 radical (unpaired) electrons. The van der Waals surface area contributed by atoms with Crippen molar-refractivity contribution < 1.29 is 5.11 Å². The highest BCUT2D eigenvalue weighted by atomic mass is 16.3. The summed E-state index contributed by atoms with van der Waals surface area (Å²) in [6, 6.07) is 10.2. The van der Waals surface area contributed by atoms with Gasteiger partial charge in [0.25, 0.3) is 0 Å². The Morgan fingerprint density at radius 3 is 3.09 bits per heavy atom. The molecule has 1 aromatic heterocycles. The number of pyridine rings is 1. The molecule has 2 aromatic rings. The summed E-state index contributed by atoms with van der Waals surface area (Å²) in [5, 5.41) is 15.1. The van der Waals surface area contributed by atoms with E-state index in [1.807, 2.05) is 36.5 Å². The molecule has 22 heavy (non-hydrogen) atoms. The minimum absolute atomic E-state index is 0.309. The summed E-state index contributed by atoms with van der Waals surface area (Å²) in [5.74, 6) is 0.999. The summed E-state index contributed by atoms with van der Waals surface area (Å²) in [4.78, 5) is 4.39. The molecule has 0 bridgehead atoms. The van der Waals surface area contributed by atoms with Crippen LogP contribution >= 0.6 is 0 Å². The van der Waals surface area contributed by atoms with Gasteiger partial charge in [-0.1, -0.05) is 24.3 Å². The van der Waals surface area contributed by atoms with Gasteiger partial charge in [-0.15, -0.1) is 6.58 Å². The molecular formula is C19H24N2O. The van der Waals surface area contributed by atoms with E-state index in [4.69, 9.17) is 0 Å². The van der Waals surface area contributed by atoms with E-state index < -0.39 is 0 Å². The highest BCUT2D eigenvalue weighted by Crippen LogP contribution is 2.27. The summed E-state index contributed by atoms with van der Waals surface area (Å²) < 4.78 is 0. The minimum atomic E-state index is -0.309. The van der Waals surface area contributed by atoms with Crippen molar-refractivity contribution in [2.24, 2.45) is 11.8 Å². The van der Waals surface area contributed by atoms with Gasteiger partial charge >= 0.3 is 0 Å². The number of nitrogens with zero attached hydrogens (tertiary/aromatic N) is 1. The van der Waals surface area contributed by atoms with Crippen molar-refractivity contribution in [3.63, 3.8) is 0 Å². The second kappa shape index (κ2) is 7.03. The third kappa shape index (κ3) is 3.37. The average Bonchev–Trinajstić information content (AvgIpc) is 2.55. The zero-order valence-electron chi connectivity index (χ0n) is 12.9. The zero-order chi connectivity index (χ0) is 15.4. The van der Waals surface area contributed by atoms with Gasteiger partial charge in [-0.25, -0.2) is 0 Å². The van der Waals surface area contributed by atoms with E-state index in [1.165, 1.54) is 5.56 Å². The molecule has 3 nitrogen and oxygen atoms in total. The predicted octanol–water partition coefficient (Wildman–Crippen LogP) is 2.94. The number of aliphatic hydroxyl groups is 1. The van der Waals surface area contributed by atoms with Gasteiger partial charge in [0.05, 0.1) is 11.6 Å². The van der Waals surface area contributed by atoms with Crippen LogP contribution in [0.4, 0.5) is 0 Å². The molecule has 1 unspecified atom stereocenters. The number of benzene rings is 1. The van der Waals surface area contributed by atoms with Gasteiger partial charge in [0.2, 0.25) is 0 Å². The highest BCUT2D eigenvalue weighted by molar-refractivity contribution is 5.81. The Labute approximate surface area is 132 Å². The number of piperidine rings is 1. The van der Waals surface area contributed by atoms with Gasteiger partial charge in [-0.2, -0.15) is 0 Å². The first-order valence-electron chi connectivity index (χ1n) is 8.12. The monoisotopic (exact) mass is 296 g/mol. The van der Waals surface area contributed by atoms with Crippen molar-refractivity contribution in [1.29, 1.82) is 0 Å². The van der Waals surface area contributed by atoms with Crippen LogP contribution in [0.5, 0.6) is 0 Å². The van der Waals surface area contributed by atoms with Crippen LogP contribution in [0, 0.1) is 11.8 Å². The summed E-state index contributed by atoms with van der Waals surface area (Å²) in [7, 11) is 0. The molecule has 1 aliphatic heterocycles. The molecule has 0 aliphatic carbocycles. The summed E-state index contributed by atoms with van der Waals surface area (Å²) in [5.41, 5.74) is 2.18. The molecule has 2 N–H and O–H groups in total. The Balaban J connectivity index is 1.70. The number of aromatic nitrogens is 1. The van der Waals surface area contributed by atoms with Crippen LogP contribution in [0.25, 0.3) is 10.9 Å². The van der Waals surface area contributed by atoms with Gasteiger partial charge in [0.1, 0.15) is 0 Å². The lowest BCUT2D eigenvalue weighted by Crippen LogP contribution is -2.37. The van der Waals surface area contributed by atoms with E-state index in [-0.39, 0.29) is 6.10 Å². The fraction of sp³-hybridized carbons (Fsp3) is 0.421. The van der Waals surface area contributed by atoms with E-state index in [0.717, 1.165) is 36.8 Å². The quantitative estimate of drug-likeness (QED) is 0.834. The standard InChI is InChI=1S/C19H24N2O/c1-2-14-13-20-9-7-15(14)11-17(22)12-16-8-10-21-19-6-4-3-5-18(16)19/h2-6,8,10,14-15,17,20,22H,1,7,9,11-13H2/t14-,15-,17?/m0/s1. The van der Waals surface area contributed by atoms with E-state index in [1.54, 1.807) is 0 Å². The number of aliphatic hydroxyl groups excluding tert-OH is 1. The van der Waals surface area contributed by atoms with Crippen LogP contribution < -0.4 is 5.32 Å². The van der Waals surface area contributed by atoms with E-state index in [9.17, 15) is 5.11 Å². The number of nitrogens with one attached hydrogen (secondary N) is 1. The third-order valence-corrected chi connectivity index (χ3v) is 4.75. The normalized spacial score (nSPS) is 23.3. The van der Waals surface area contributed by atoms with Crippen molar-refractivity contribution in [2.75, 3.05) is 13.1 Å². The number of fused-ring (bicyclic) bond motifs is 1. The second-order valence-electron chi connectivity index (χ2n) is 6.23. The summed E-state index contributed by atoms with van der Waals surface area (Å²) in [6.45, 7) is 5.96. The average molecular weight is 296 g/mol. The van der Waals surface area contributed by atoms with Crippen molar-refractivity contribution in [3.05, 3.63) is 54.7 Å². The van der Waals surface area contributed by atoms with Crippen LogP contribution in [-0.4, -0.2) is 29.3 Å². The van der Waals surface area contributed by atoms with E-state index in [0.29, 0.717) is 18.3 Å². The van der Waals surface area contributed by atoms with Crippen LogP contribution in [0.2, 0.25) is 0 Å². The lowest BCUT2D eigenvalue weighted by atomic mass is 9.81. The Bertz CT molecular complexity index is 635. The molecule has 2 heterocycles. The van der Waals surface area contributed by atoms with Gasteiger partial charge in [-0.05, 0) is 55.3 Å². The summed E-state index contributed by atoms with van der Waals surface area (Å²) in [6.07, 6.45) is 6.21. The molecule has 1 aromatic carbocycles. The largest absolute Gasteiger partial charge is 0.393 e. The molecule has 3 rings (SSSR count). The lowest BCUT2D eigenvalue weighted by Gasteiger charge is -2.31. The Hall–Kier alpha value is -1.71. The van der Waals surface area contributed by atoms with Gasteiger partial charge in [0, 0.05) is 18.1 Å². The molecular weight excluding hydrogens is 272 g/mol. The Kier molecular flexibility index (Phi) is 4.86. The molecule has 0 spiro atoms. The number of hydrogen-bond acceptors (Lipinski definition) is 3.